The number of fused-ring (bicyclic) bond motifs is 1. The van der Waals surface area contributed by atoms with Gasteiger partial charge in [0.2, 0.25) is 0 Å². The summed E-state index contributed by atoms with van der Waals surface area (Å²) in [5.41, 5.74) is 1.90. The number of nitrogens with zero attached hydrogens (tertiary/aromatic N) is 3. The van der Waals surface area contributed by atoms with Crippen LogP contribution in [-0.4, -0.2) is 58.4 Å². The normalized spacial score (nSPS) is 18.6. The van der Waals surface area contributed by atoms with Gasteiger partial charge in [-0.2, -0.15) is 0 Å². The third-order valence-corrected chi connectivity index (χ3v) is 7.88. The number of rotatable bonds is 10. The molecular weight excluding hydrogens is 489 g/mol. The van der Waals surface area contributed by atoms with Crippen molar-refractivity contribution < 1.29 is 19.0 Å². The number of thioether (sulfide) groups is 1. The van der Waals surface area contributed by atoms with Crippen molar-refractivity contribution in [2.45, 2.75) is 30.7 Å². The number of methoxy groups -OCH3 is 1. The van der Waals surface area contributed by atoms with E-state index in [1.165, 1.54) is 30.1 Å². The molecule has 0 aliphatic carbocycles. The number of hydrogen-bond donors (Lipinski definition) is 1. The summed E-state index contributed by atoms with van der Waals surface area (Å²) in [6.45, 7) is 2.15. The van der Waals surface area contributed by atoms with Gasteiger partial charge in [-0.15, -0.1) is 11.8 Å². The lowest BCUT2D eigenvalue weighted by Gasteiger charge is -2.36. The van der Waals surface area contributed by atoms with Gasteiger partial charge in [-0.05, 0) is 68.0 Å². The van der Waals surface area contributed by atoms with Crippen LogP contribution in [-0.2, 0) is 11.2 Å². The molecule has 2 aromatic heterocycles. The van der Waals surface area contributed by atoms with Gasteiger partial charge in [0, 0.05) is 42.7 Å². The topological polar surface area (TPSA) is 75.5 Å². The predicted molar refractivity (Wildman–Crippen MR) is 137 cm³/mol. The average Bonchev–Trinajstić information content (AvgIpc) is 2.85. The summed E-state index contributed by atoms with van der Waals surface area (Å²) in [5.74, 6) is 0.191. The Kier molecular flexibility index (Phi) is 8.81. The summed E-state index contributed by atoms with van der Waals surface area (Å²) in [6, 6.07) is 8.51. The van der Waals surface area contributed by atoms with Gasteiger partial charge < -0.3 is 14.7 Å². The molecule has 1 aromatic carbocycles. The molecule has 0 unspecified atom stereocenters. The highest BCUT2D eigenvalue weighted by atomic mass is 35.5. The fourth-order valence-electron chi connectivity index (χ4n) is 4.76. The van der Waals surface area contributed by atoms with Crippen LogP contribution in [0.2, 0.25) is 5.02 Å². The average molecular weight is 518 g/mol. The van der Waals surface area contributed by atoms with Crippen LogP contribution in [0.3, 0.4) is 0 Å². The molecule has 2 atom stereocenters. The lowest BCUT2D eigenvalue weighted by molar-refractivity contribution is -0.146. The van der Waals surface area contributed by atoms with Gasteiger partial charge in [-0.1, -0.05) is 11.6 Å². The van der Waals surface area contributed by atoms with Gasteiger partial charge in [0.1, 0.15) is 11.6 Å². The predicted octanol–water partition coefficient (Wildman–Crippen LogP) is 5.57. The van der Waals surface area contributed by atoms with Gasteiger partial charge in [-0.3, -0.25) is 9.78 Å². The number of pyridine rings is 2. The van der Waals surface area contributed by atoms with Crippen molar-refractivity contribution in [2.24, 2.45) is 11.8 Å². The molecule has 35 heavy (non-hydrogen) atoms. The summed E-state index contributed by atoms with van der Waals surface area (Å²) in [7, 11) is 1.63. The number of piperidine rings is 1. The monoisotopic (exact) mass is 517 g/mol. The first-order chi connectivity index (χ1) is 16.9. The highest BCUT2D eigenvalue weighted by molar-refractivity contribution is 7.99. The quantitative estimate of drug-likeness (QED) is 0.352. The molecular formula is C26H29ClFN3O3S. The fourth-order valence-corrected chi connectivity index (χ4v) is 5.90. The third-order valence-electron chi connectivity index (χ3n) is 6.65. The molecule has 0 saturated carbocycles. The summed E-state index contributed by atoms with van der Waals surface area (Å²) >= 11 is 7.98. The first-order valence-corrected chi connectivity index (χ1v) is 13.1. The van der Waals surface area contributed by atoms with E-state index in [0.717, 1.165) is 66.7 Å². The number of aromatic nitrogens is 2. The molecule has 3 aromatic rings. The van der Waals surface area contributed by atoms with Crippen molar-refractivity contribution in [2.75, 3.05) is 32.5 Å². The van der Waals surface area contributed by atoms with E-state index in [-0.39, 0.29) is 11.7 Å². The van der Waals surface area contributed by atoms with Gasteiger partial charge in [0.05, 0.1) is 28.6 Å². The van der Waals surface area contributed by atoms with Crippen molar-refractivity contribution in [3.05, 3.63) is 59.1 Å². The second-order valence-corrected chi connectivity index (χ2v) is 10.3. The van der Waals surface area contributed by atoms with Crippen LogP contribution in [0.1, 0.15) is 24.8 Å². The van der Waals surface area contributed by atoms with E-state index in [1.54, 1.807) is 13.3 Å². The zero-order valence-corrected chi connectivity index (χ0v) is 21.2. The zero-order valence-electron chi connectivity index (χ0n) is 19.6. The van der Waals surface area contributed by atoms with Crippen LogP contribution in [0, 0.1) is 17.7 Å². The molecule has 6 nitrogen and oxygen atoms in total. The smallest absolute Gasteiger partial charge is 0.308 e. The van der Waals surface area contributed by atoms with Crippen molar-refractivity contribution in [3.8, 4) is 5.75 Å². The first-order valence-electron chi connectivity index (χ1n) is 11.7. The Morgan fingerprint density at radius 3 is 2.94 bits per heavy atom. The van der Waals surface area contributed by atoms with Gasteiger partial charge in [-0.25, -0.2) is 9.37 Å². The Bertz CT molecular complexity index is 1180. The Morgan fingerprint density at radius 2 is 2.17 bits per heavy atom. The number of benzene rings is 1. The fraction of sp³-hybridized carbons (Fsp3) is 0.423. The molecule has 1 saturated heterocycles. The first kappa shape index (κ1) is 25.7. The second kappa shape index (κ2) is 12.0. The van der Waals surface area contributed by atoms with E-state index in [9.17, 15) is 14.3 Å². The molecule has 1 aliphatic rings. The van der Waals surface area contributed by atoms with E-state index in [4.69, 9.17) is 16.3 Å². The minimum Gasteiger partial charge on any atom is -0.497 e. The molecule has 4 rings (SSSR count). The largest absolute Gasteiger partial charge is 0.497 e. The van der Waals surface area contributed by atoms with Crippen molar-refractivity contribution >= 4 is 40.2 Å². The maximum absolute atomic E-state index is 13.3. The molecule has 0 radical (unpaired) electrons. The van der Waals surface area contributed by atoms with E-state index in [1.807, 2.05) is 18.2 Å². The minimum atomic E-state index is -0.740. The van der Waals surface area contributed by atoms with Crippen LogP contribution in [0.4, 0.5) is 4.39 Å². The Morgan fingerprint density at radius 1 is 1.31 bits per heavy atom. The second-order valence-electron chi connectivity index (χ2n) is 8.81. The summed E-state index contributed by atoms with van der Waals surface area (Å²) in [5, 5.41) is 12.1. The molecule has 186 valence electrons. The lowest BCUT2D eigenvalue weighted by Crippen LogP contribution is -2.44. The number of ether oxygens (including phenoxy) is 1. The maximum atomic E-state index is 13.3. The number of halogens is 2. The number of carboxylic acid groups (broad SMARTS) is 1. The summed E-state index contributed by atoms with van der Waals surface area (Å²) in [6.07, 6.45) is 6.43. The standard InChI is InChI=1S/C26H29ClFN3O3S/c1-34-19-5-6-24-21(14-19)20(23(27)15-30-24)4-2-3-17-8-10-31(16-22(17)26(32)33)11-12-35-25-13-18(28)7-9-29-25/h5-7,9,13-15,17,22H,2-4,8,10-12,16H2,1H3,(H,32,33)/t17-,22+/m0/s1. The van der Waals surface area contributed by atoms with Crippen LogP contribution < -0.4 is 4.74 Å². The number of likely N-dealkylation sites (tertiary alicyclic amines) is 1. The minimum absolute atomic E-state index is 0.128. The van der Waals surface area contributed by atoms with E-state index < -0.39 is 11.9 Å². The molecule has 3 heterocycles. The van der Waals surface area contributed by atoms with E-state index >= 15 is 0 Å². The van der Waals surface area contributed by atoms with Crippen LogP contribution in [0.25, 0.3) is 10.9 Å². The maximum Gasteiger partial charge on any atom is 0.308 e. The summed E-state index contributed by atoms with van der Waals surface area (Å²) in [4.78, 5) is 22.8. The van der Waals surface area contributed by atoms with E-state index in [0.29, 0.717) is 16.6 Å². The number of aliphatic carboxylic acids is 1. The van der Waals surface area contributed by atoms with Gasteiger partial charge in [0.25, 0.3) is 0 Å². The Labute approximate surface area is 213 Å². The highest BCUT2D eigenvalue weighted by Crippen LogP contribution is 2.32. The number of carboxylic acids is 1. The summed E-state index contributed by atoms with van der Waals surface area (Å²) < 4.78 is 18.7. The van der Waals surface area contributed by atoms with Gasteiger partial charge >= 0.3 is 5.97 Å². The Hall–Kier alpha value is -2.42. The molecule has 1 N–H and O–H groups in total. The Balaban J connectivity index is 1.32. The van der Waals surface area contributed by atoms with Crippen molar-refractivity contribution in [3.63, 3.8) is 0 Å². The highest BCUT2D eigenvalue weighted by Gasteiger charge is 2.33. The molecule has 0 amide bonds. The molecule has 9 heteroatoms. The van der Waals surface area contributed by atoms with Crippen LogP contribution in [0.5, 0.6) is 5.75 Å². The lowest BCUT2D eigenvalue weighted by atomic mass is 9.81. The third kappa shape index (κ3) is 6.63. The number of aryl methyl sites for hydroxylation is 1. The zero-order chi connectivity index (χ0) is 24.8. The van der Waals surface area contributed by atoms with Crippen LogP contribution in [0.15, 0.2) is 47.8 Å². The molecule has 1 fully saturated rings. The molecule has 0 spiro atoms. The van der Waals surface area contributed by atoms with Crippen LogP contribution >= 0.6 is 23.4 Å². The number of carbonyl (C=O) groups is 1. The van der Waals surface area contributed by atoms with E-state index in [2.05, 4.69) is 14.9 Å². The van der Waals surface area contributed by atoms with Crippen molar-refractivity contribution in [1.82, 2.24) is 14.9 Å². The van der Waals surface area contributed by atoms with Gasteiger partial charge in [0.15, 0.2) is 0 Å². The molecule has 0 bridgehead atoms. The SMILES string of the molecule is COc1ccc2ncc(Cl)c(CCC[C@H]3CCN(CCSc4cc(F)ccn4)C[C@H]3C(=O)O)c2c1. The number of hydrogen-bond acceptors (Lipinski definition) is 6. The van der Waals surface area contributed by atoms with Crippen molar-refractivity contribution in [1.29, 1.82) is 0 Å². The molecule has 1 aliphatic heterocycles.